The maximum atomic E-state index is 10.2. The lowest BCUT2D eigenvalue weighted by molar-refractivity contribution is -0.137. The van der Waals surface area contributed by atoms with Gasteiger partial charge in [-0.15, -0.1) is 0 Å². The Morgan fingerprint density at radius 3 is 2.85 bits per heavy atom. The fourth-order valence-corrected chi connectivity index (χ4v) is 1.21. The monoisotopic (exact) mass is 243 g/mol. The van der Waals surface area contributed by atoms with Crippen molar-refractivity contribution < 1.29 is 9.90 Å². The van der Waals surface area contributed by atoms with Crippen LogP contribution < -0.4 is 0 Å². The van der Waals surface area contributed by atoms with Crippen LogP contribution in [-0.2, 0) is 11.2 Å². The van der Waals surface area contributed by atoms with Gasteiger partial charge in [0, 0.05) is 22.8 Å². The van der Waals surface area contributed by atoms with Crippen LogP contribution >= 0.6 is 15.9 Å². The van der Waals surface area contributed by atoms with Gasteiger partial charge in [-0.2, -0.15) is 0 Å². The molecule has 0 saturated carbocycles. The van der Waals surface area contributed by atoms with E-state index in [0.717, 1.165) is 16.6 Å². The molecule has 1 N–H and O–H groups in total. The fourth-order valence-electron chi connectivity index (χ4n) is 0.975. The number of pyridine rings is 1. The normalized spacial score (nSPS) is 9.92. The summed E-state index contributed by atoms with van der Waals surface area (Å²) in [6.45, 7) is 0. The first-order valence-electron chi connectivity index (χ1n) is 4.00. The molecule has 0 aliphatic heterocycles. The van der Waals surface area contributed by atoms with E-state index in [4.69, 9.17) is 5.11 Å². The summed E-state index contributed by atoms with van der Waals surface area (Å²) < 4.78 is 0.939. The summed E-state index contributed by atoms with van der Waals surface area (Å²) in [7, 11) is 0. The number of nitrogens with zero attached hydrogens (tertiary/aromatic N) is 1. The van der Waals surface area contributed by atoms with Crippen LogP contribution in [0.5, 0.6) is 0 Å². The molecular formula is C9H10BrNO2. The van der Waals surface area contributed by atoms with E-state index in [1.165, 1.54) is 0 Å². The first-order chi connectivity index (χ1) is 6.18. The summed E-state index contributed by atoms with van der Waals surface area (Å²) >= 11 is 3.28. The summed E-state index contributed by atoms with van der Waals surface area (Å²) in [6, 6.07) is 3.80. The van der Waals surface area contributed by atoms with Crippen LogP contribution in [0.2, 0.25) is 0 Å². The van der Waals surface area contributed by atoms with Crippen LogP contribution in [0.25, 0.3) is 0 Å². The van der Waals surface area contributed by atoms with Gasteiger partial charge in [-0.25, -0.2) is 0 Å². The van der Waals surface area contributed by atoms with Gasteiger partial charge in [0.25, 0.3) is 0 Å². The van der Waals surface area contributed by atoms with Crippen LogP contribution in [0.1, 0.15) is 18.5 Å². The van der Waals surface area contributed by atoms with Crippen molar-refractivity contribution in [1.82, 2.24) is 4.98 Å². The molecule has 3 nitrogen and oxygen atoms in total. The maximum absolute atomic E-state index is 10.2. The topological polar surface area (TPSA) is 50.2 Å². The van der Waals surface area contributed by atoms with E-state index >= 15 is 0 Å². The standard InChI is InChI=1S/C9H10BrNO2/c10-7-4-5-8(11-6-7)2-1-3-9(12)13/h4-6H,1-3H2,(H,12,13). The average Bonchev–Trinajstić information content (AvgIpc) is 2.08. The van der Waals surface area contributed by atoms with Crippen LogP contribution in [-0.4, -0.2) is 16.1 Å². The Balaban J connectivity index is 2.37. The molecule has 0 saturated heterocycles. The van der Waals surface area contributed by atoms with E-state index < -0.39 is 5.97 Å². The summed E-state index contributed by atoms with van der Waals surface area (Å²) in [5, 5.41) is 8.41. The van der Waals surface area contributed by atoms with Gasteiger partial charge < -0.3 is 5.11 Å². The molecule has 4 heteroatoms. The number of carbonyl (C=O) groups is 1. The first-order valence-corrected chi connectivity index (χ1v) is 4.80. The molecule has 0 bridgehead atoms. The lowest BCUT2D eigenvalue weighted by atomic mass is 10.2. The molecule has 0 aliphatic rings. The third-order valence-electron chi connectivity index (χ3n) is 1.61. The molecule has 0 radical (unpaired) electrons. The van der Waals surface area contributed by atoms with Crippen LogP contribution in [0.4, 0.5) is 0 Å². The molecule has 0 atom stereocenters. The van der Waals surface area contributed by atoms with Crippen molar-refractivity contribution in [2.24, 2.45) is 0 Å². The highest BCUT2D eigenvalue weighted by Gasteiger charge is 1.98. The molecule has 0 amide bonds. The predicted molar refractivity (Wildman–Crippen MR) is 52.5 cm³/mol. The summed E-state index contributed by atoms with van der Waals surface area (Å²) in [5.41, 5.74) is 0.935. The van der Waals surface area contributed by atoms with Crippen molar-refractivity contribution >= 4 is 21.9 Å². The van der Waals surface area contributed by atoms with Gasteiger partial charge in [-0.3, -0.25) is 9.78 Å². The molecule has 0 unspecified atom stereocenters. The highest BCUT2D eigenvalue weighted by atomic mass is 79.9. The van der Waals surface area contributed by atoms with E-state index in [0.29, 0.717) is 6.42 Å². The van der Waals surface area contributed by atoms with E-state index in [1.54, 1.807) is 6.20 Å². The number of hydrogen-bond acceptors (Lipinski definition) is 2. The predicted octanol–water partition coefficient (Wildman–Crippen LogP) is 2.25. The second kappa shape index (κ2) is 4.97. The number of aliphatic carboxylic acids is 1. The SMILES string of the molecule is O=C(O)CCCc1ccc(Br)cn1. The minimum Gasteiger partial charge on any atom is -0.481 e. The fraction of sp³-hybridized carbons (Fsp3) is 0.333. The van der Waals surface area contributed by atoms with Gasteiger partial charge in [-0.05, 0) is 40.9 Å². The highest BCUT2D eigenvalue weighted by Crippen LogP contribution is 2.09. The minimum absolute atomic E-state index is 0.206. The molecule has 0 spiro atoms. The molecular weight excluding hydrogens is 234 g/mol. The van der Waals surface area contributed by atoms with E-state index in [-0.39, 0.29) is 6.42 Å². The Bertz CT molecular complexity index is 284. The number of rotatable bonds is 4. The molecule has 1 heterocycles. The Kier molecular flexibility index (Phi) is 3.89. The van der Waals surface area contributed by atoms with Crippen molar-refractivity contribution in [2.75, 3.05) is 0 Å². The summed E-state index contributed by atoms with van der Waals surface area (Å²) in [5.74, 6) is -0.753. The molecule has 1 aromatic rings. The lowest BCUT2D eigenvalue weighted by Gasteiger charge is -1.98. The molecule has 70 valence electrons. The Hall–Kier alpha value is -0.900. The van der Waals surface area contributed by atoms with Crippen LogP contribution in [0.15, 0.2) is 22.8 Å². The Morgan fingerprint density at radius 1 is 1.54 bits per heavy atom. The van der Waals surface area contributed by atoms with Crippen molar-refractivity contribution in [3.8, 4) is 0 Å². The summed E-state index contributed by atoms with van der Waals surface area (Å²) in [6.07, 6.45) is 3.29. The van der Waals surface area contributed by atoms with Gasteiger partial charge in [0.2, 0.25) is 0 Å². The highest BCUT2D eigenvalue weighted by molar-refractivity contribution is 9.10. The number of hydrogen-bond donors (Lipinski definition) is 1. The van der Waals surface area contributed by atoms with Gasteiger partial charge in [-0.1, -0.05) is 0 Å². The average molecular weight is 244 g/mol. The molecule has 13 heavy (non-hydrogen) atoms. The first kappa shape index (κ1) is 10.2. The Labute approximate surface area is 84.9 Å². The number of carboxylic acids is 1. The molecule has 0 fully saturated rings. The molecule has 0 aliphatic carbocycles. The second-order valence-corrected chi connectivity index (χ2v) is 3.63. The van der Waals surface area contributed by atoms with Gasteiger partial charge in [0.15, 0.2) is 0 Å². The molecule has 1 aromatic heterocycles. The Morgan fingerprint density at radius 2 is 2.31 bits per heavy atom. The maximum Gasteiger partial charge on any atom is 0.303 e. The minimum atomic E-state index is -0.753. The van der Waals surface area contributed by atoms with Crippen LogP contribution in [0.3, 0.4) is 0 Å². The number of aryl methyl sites for hydroxylation is 1. The van der Waals surface area contributed by atoms with Gasteiger partial charge >= 0.3 is 5.97 Å². The quantitative estimate of drug-likeness (QED) is 0.883. The second-order valence-electron chi connectivity index (χ2n) is 2.72. The number of aromatic nitrogens is 1. The molecule has 0 aromatic carbocycles. The largest absolute Gasteiger partial charge is 0.481 e. The van der Waals surface area contributed by atoms with Gasteiger partial charge in [0.1, 0.15) is 0 Å². The third-order valence-corrected chi connectivity index (χ3v) is 2.08. The van der Waals surface area contributed by atoms with Gasteiger partial charge in [0.05, 0.1) is 0 Å². The smallest absolute Gasteiger partial charge is 0.303 e. The zero-order chi connectivity index (χ0) is 9.68. The van der Waals surface area contributed by atoms with E-state index in [9.17, 15) is 4.79 Å². The molecule has 1 rings (SSSR count). The van der Waals surface area contributed by atoms with E-state index in [1.807, 2.05) is 12.1 Å². The van der Waals surface area contributed by atoms with Crippen molar-refractivity contribution in [3.63, 3.8) is 0 Å². The summed E-state index contributed by atoms with van der Waals surface area (Å²) in [4.78, 5) is 14.4. The van der Waals surface area contributed by atoms with Crippen molar-refractivity contribution in [1.29, 1.82) is 0 Å². The number of carboxylic acid groups (broad SMARTS) is 1. The van der Waals surface area contributed by atoms with Crippen LogP contribution in [0, 0.1) is 0 Å². The number of halogens is 1. The van der Waals surface area contributed by atoms with Crippen molar-refractivity contribution in [3.05, 3.63) is 28.5 Å². The third kappa shape index (κ3) is 4.03. The zero-order valence-electron chi connectivity index (χ0n) is 7.03. The lowest BCUT2D eigenvalue weighted by Crippen LogP contribution is -1.96. The van der Waals surface area contributed by atoms with E-state index in [2.05, 4.69) is 20.9 Å². The zero-order valence-corrected chi connectivity index (χ0v) is 8.62. The van der Waals surface area contributed by atoms with Crippen molar-refractivity contribution in [2.45, 2.75) is 19.3 Å².